The predicted molar refractivity (Wildman–Crippen MR) is 46.1 cm³/mol. The number of nitrogens with zero attached hydrogens (tertiary/aromatic N) is 3. The molecular weight excluding hydrogens is 173 g/mol. The van der Waals surface area contributed by atoms with Crippen LogP contribution in [0.4, 0.5) is 0 Å². The molecule has 0 unspecified atom stereocenters. The molecule has 0 amide bonds. The van der Waals surface area contributed by atoms with Crippen LogP contribution >= 0.6 is 0 Å². The van der Waals surface area contributed by atoms with Crippen molar-refractivity contribution in [2.75, 3.05) is 0 Å². The molecule has 0 radical (unpaired) electrons. The third-order valence-electron chi connectivity index (χ3n) is 1.72. The Bertz CT molecular complexity index is 353. The average Bonchev–Trinajstić information content (AvgIpc) is 2.58. The Balaban J connectivity index is 0.000000845. The van der Waals surface area contributed by atoms with Gasteiger partial charge in [0.2, 0.25) is 0 Å². The van der Waals surface area contributed by atoms with E-state index >= 15 is 0 Å². The van der Waals surface area contributed by atoms with E-state index in [-0.39, 0.29) is 29.6 Å². The molecule has 1 heterocycles. The average molecular weight is 182 g/mol. The van der Waals surface area contributed by atoms with Crippen molar-refractivity contribution in [3.8, 4) is 5.69 Å². The Labute approximate surface area is 99.1 Å². The van der Waals surface area contributed by atoms with Gasteiger partial charge in [0.15, 0.2) is 0 Å². The number of aromatic nitrogens is 3. The summed E-state index contributed by atoms with van der Waals surface area (Å²) in [5, 5.41) is 7.62. The van der Waals surface area contributed by atoms with Crippen LogP contribution < -0.4 is 29.6 Å². The molecule has 2 rings (SSSR count). The number of rotatable bonds is 1. The Morgan fingerprint density at radius 3 is 2.38 bits per heavy atom. The van der Waals surface area contributed by atoms with Crippen molar-refractivity contribution in [2.24, 2.45) is 0 Å². The van der Waals surface area contributed by atoms with E-state index in [4.69, 9.17) is 0 Å². The first kappa shape index (κ1) is 10.4. The van der Waals surface area contributed by atoms with Crippen molar-refractivity contribution < 1.29 is 29.6 Å². The van der Waals surface area contributed by atoms with Gasteiger partial charge in [0.25, 0.3) is 0 Å². The van der Waals surface area contributed by atoms with E-state index in [9.17, 15) is 0 Å². The molecule has 0 N–H and O–H groups in total. The zero-order valence-electron chi connectivity index (χ0n) is 7.81. The SMILES string of the molecule is Cc1ccc(-n2ccnn2)cc1.[Na+]. The Kier molecular flexibility index (Phi) is 3.66. The molecule has 1 aromatic carbocycles. The maximum atomic E-state index is 3.88. The van der Waals surface area contributed by atoms with E-state index in [1.54, 1.807) is 10.9 Å². The molecule has 3 nitrogen and oxygen atoms in total. The third-order valence-corrected chi connectivity index (χ3v) is 1.72. The van der Waals surface area contributed by atoms with Crippen LogP contribution in [0.25, 0.3) is 5.69 Å². The quantitative estimate of drug-likeness (QED) is 0.507. The van der Waals surface area contributed by atoms with Gasteiger partial charge in [-0.1, -0.05) is 22.9 Å². The molecule has 0 bridgehead atoms. The van der Waals surface area contributed by atoms with E-state index in [2.05, 4.69) is 29.4 Å². The number of aryl methyl sites for hydroxylation is 1. The van der Waals surface area contributed by atoms with Crippen molar-refractivity contribution in [3.05, 3.63) is 42.2 Å². The van der Waals surface area contributed by atoms with Crippen molar-refractivity contribution in [3.63, 3.8) is 0 Å². The summed E-state index contributed by atoms with van der Waals surface area (Å²) in [5.74, 6) is 0. The minimum Gasteiger partial charge on any atom is -0.221 e. The molecule has 0 saturated carbocycles. The van der Waals surface area contributed by atoms with Gasteiger partial charge in [-0.2, -0.15) is 0 Å². The fourth-order valence-electron chi connectivity index (χ4n) is 1.04. The molecule has 0 saturated heterocycles. The molecule has 0 aliphatic carbocycles. The molecule has 0 atom stereocenters. The van der Waals surface area contributed by atoms with Crippen LogP contribution in [0, 0.1) is 6.92 Å². The van der Waals surface area contributed by atoms with Gasteiger partial charge >= 0.3 is 29.6 Å². The molecule has 60 valence electrons. The molecule has 1 aromatic heterocycles. The maximum Gasteiger partial charge on any atom is 1.00 e. The minimum atomic E-state index is 0. The minimum absolute atomic E-state index is 0. The van der Waals surface area contributed by atoms with Crippen LogP contribution in [0.2, 0.25) is 0 Å². The second kappa shape index (κ2) is 4.56. The van der Waals surface area contributed by atoms with Gasteiger partial charge in [-0.25, -0.2) is 4.68 Å². The first-order chi connectivity index (χ1) is 5.86. The number of benzene rings is 1. The van der Waals surface area contributed by atoms with Crippen LogP contribution in [0.5, 0.6) is 0 Å². The fraction of sp³-hybridized carbons (Fsp3) is 0.111. The second-order valence-electron chi connectivity index (χ2n) is 2.68. The van der Waals surface area contributed by atoms with Gasteiger partial charge in [-0.3, -0.25) is 0 Å². The molecular formula is C9H9N3Na+. The van der Waals surface area contributed by atoms with E-state index in [1.807, 2.05) is 18.3 Å². The smallest absolute Gasteiger partial charge is 0.221 e. The number of hydrogen-bond donors (Lipinski definition) is 0. The summed E-state index contributed by atoms with van der Waals surface area (Å²) < 4.78 is 1.74. The van der Waals surface area contributed by atoms with E-state index in [0.717, 1.165) is 5.69 Å². The first-order valence-electron chi connectivity index (χ1n) is 3.79. The van der Waals surface area contributed by atoms with Gasteiger partial charge in [-0.05, 0) is 19.1 Å². The fourth-order valence-corrected chi connectivity index (χ4v) is 1.04. The normalized spacial score (nSPS) is 9.31. The van der Waals surface area contributed by atoms with E-state index < -0.39 is 0 Å². The summed E-state index contributed by atoms with van der Waals surface area (Å²) in [4.78, 5) is 0. The van der Waals surface area contributed by atoms with E-state index in [1.165, 1.54) is 5.56 Å². The van der Waals surface area contributed by atoms with Crippen molar-refractivity contribution in [1.82, 2.24) is 15.0 Å². The summed E-state index contributed by atoms with van der Waals surface area (Å²) in [6.07, 6.45) is 3.49. The Morgan fingerprint density at radius 2 is 1.85 bits per heavy atom. The summed E-state index contributed by atoms with van der Waals surface area (Å²) >= 11 is 0. The summed E-state index contributed by atoms with van der Waals surface area (Å²) in [7, 11) is 0. The summed E-state index contributed by atoms with van der Waals surface area (Å²) in [6, 6.07) is 8.14. The van der Waals surface area contributed by atoms with Crippen molar-refractivity contribution >= 4 is 0 Å². The molecule has 0 aliphatic heterocycles. The monoisotopic (exact) mass is 182 g/mol. The Morgan fingerprint density at radius 1 is 1.15 bits per heavy atom. The van der Waals surface area contributed by atoms with Crippen LogP contribution in [0.3, 0.4) is 0 Å². The molecule has 0 fully saturated rings. The molecule has 13 heavy (non-hydrogen) atoms. The Hall–Kier alpha value is -0.640. The maximum absolute atomic E-state index is 3.88. The van der Waals surface area contributed by atoms with Crippen LogP contribution in [0.1, 0.15) is 5.56 Å². The third kappa shape index (κ3) is 2.40. The second-order valence-corrected chi connectivity index (χ2v) is 2.68. The molecule has 0 aliphatic rings. The van der Waals surface area contributed by atoms with Gasteiger partial charge in [0, 0.05) is 0 Å². The van der Waals surface area contributed by atoms with Crippen LogP contribution in [0.15, 0.2) is 36.7 Å². The zero-order valence-corrected chi connectivity index (χ0v) is 9.81. The topological polar surface area (TPSA) is 30.7 Å². The largest absolute Gasteiger partial charge is 1.00 e. The number of hydrogen-bond acceptors (Lipinski definition) is 2. The van der Waals surface area contributed by atoms with Gasteiger partial charge < -0.3 is 0 Å². The van der Waals surface area contributed by atoms with E-state index in [0.29, 0.717) is 0 Å². The van der Waals surface area contributed by atoms with Crippen molar-refractivity contribution in [2.45, 2.75) is 6.92 Å². The van der Waals surface area contributed by atoms with Crippen molar-refractivity contribution in [1.29, 1.82) is 0 Å². The predicted octanol–water partition coefficient (Wildman–Crippen LogP) is -1.42. The molecule has 2 aromatic rings. The van der Waals surface area contributed by atoms with Gasteiger partial charge in [-0.15, -0.1) is 5.10 Å². The standard InChI is InChI=1S/C9H9N3.Na/c1-8-2-4-9(5-3-8)12-7-6-10-11-12;/h2-7H,1H3;/q;+1. The van der Waals surface area contributed by atoms with Gasteiger partial charge in [0.05, 0.1) is 18.1 Å². The van der Waals surface area contributed by atoms with Crippen LogP contribution in [-0.4, -0.2) is 15.0 Å². The van der Waals surface area contributed by atoms with Crippen LogP contribution in [-0.2, 0) is 0 Å². The molecule has 0 spiro atoms. The first-order valence-corrected chi connectivity index (χ1v) is 3.79. The zero-order chi connectivity index (χ0) is 8.39. The summed E-state index contributed by atoms with van der Waals surface area (Å²) in [5.41, 5.74) is 2.29. The molecule has 4 heteroatoms. The summed E-state index contributed by atoms with van der Waals surface area (Å²) in [6.45, 7) is 2.06. The van der Waals surface area contributed by atoms with Gasteiger partial charge in [0.1, 0.15) is 0 Å².